The number of benzene rings is 2. The molecule has 0 fully saturated rings. The number of carbonyl (C=O) groups excluding carboxylic acids is 2. The third-order valence-electron chi connectivity index (χ3n) is 5.76. The van der Waals surface area contributed by atoms with Crippen molar-refractivity contribution >= 4 is 35.2 Å². The molecule has 0 atom stereocenters. The van der Waals surface area contributed by atoms with Gasteiger partial charge in [0.2, 0.25) is 0 Å². The first-order valence-corrected chi connectivity index (χ1v) is 11.2. The van der Waals surface area contributed by atoms with Crippen LogP contribution in [0.25, 0.3) is 11.8 Å². The predicted molar refractivity (Wildman–Crippen MR) is 131 cm³/mol. The molecule has 1 aliphatic heterocycles. The molecule has 0 N–H and O–H groups in total. The van der Waals surface area contributed by atoms with Crippen molar-refractivity contribution in [1.82, 2.24) is 4.57 Å². The van der Waals surface area contributed by atoms with Gasteiger partial charge in [-0.1, -0.05) is 41.9 Å². The minimum Gasteiger partial charge on any atom is -0.462 e. The van der Waals surface area contributed by atoms with E-state index >= 15 is 0 Å². The molecule has 0 unspecified atom stereocenters. The number of aromatic nitrogens is 1. The first kappa shape index (κ1) is 22.6. The average molecular weight is 461 g/mol. The fourth-order valence-electron chi connectivity index (χ4n) is 4.26. The molecular weight excluding hydrogens is 436 g/mol. The molecule has 1 aromatic heterocycles. The van der Waals surface area contributed by atoms with Crippen LogP contribution in [0.1, 0.15) is 30.8 Å². The van der Waals surface area contributed by atoms with Crippen LogP contribution in [0.4, 0.5) is 5.69 Å². The van der Waals surface area contributed by atoms with Gasteiger partial charge in [0.05, 0.1) is 28.5 Å². The molecule has 1 aliphatic rings. The Morgan fingerprint density at radius 1 is 1.03 bits per heavy atom. The van der Waals surface area contributed by atoms with Crippen LogP contribution in [0.2, 0.25) is 5.02 Å². The van der Waals surface area contributed by atoms with Crippen molar-refractivity contribution in [2.45, 2.75) is 27.7 Å². The lowest BCUT2D eigenvalue weighted by molar-refractivity contribution is -0.138. The molecular formula is C27H25ClN2O3. The van der Waals surface area contributed by atoms with Gasteiger partial charge in [-0.25, -0.2) is 4.79 Å². The Bertz CT molecular complexity index is 1300. The maximum absolute atomic E-state index is 13.5. The number of amides is 1. The zero-order valence-corrected chi connectivity index (χ0v) is 19.8. The number of halogens is 1. The SMILES string of the molecule is CCOC(=O)C1=C(C)N(c2ccccc2)C(=O)/C1=C\c1cc(C)n(-c2ccccc2Cl)c1C. The topological polar surface area (TPSA) is 51.5 Å². The van der Waals surface area contributed by atoms with Crippen LogP contribution in [0.15, 0.2) is 77.5 Å². The summed E-state index contributed by atoms with van der Waals surface area (Å²) >= 11 is 6.45. The van der Waals surface area contributed by atoms with Gasteiger partial charge in [0.25, 0.3) is 5.91 Å². The lowest BCUT2D eigenvalue weighted by Crippen LogP contribution is -2.24. The first-order chi connectivity index (χ1) is 15.8. The average Bonchev–Trinajstić information content (AvgIpc) is 3.21. The van der Waals surface area contributed by atoms with Crippen molar-refractivity contribution in [3.8, 4) is 5.69 Å². The second kappa shape index (κ2) is 9.12. The lowest BCUT2D eigenvalue weighted by Gasteiger charge is -2.17. The van der Waals surface area contributed by atoms with E-state index in [0.717, 1.165) is 22.6 Å². The quantitative estimate of drug-likeness (QED) is 0.346. The molecule has 0 saturated heterocycles. The van der Waals surface area contributed by atoms with Crippen molar-refractivity contribution in [3.05, 3.63) is 99.5 Å². The summed E-state index contributed by atoms with van der Waals surface area (Å²) in [5.74, 6) is -0.766. The number of nitrogens with zero attached hydrogens (tertiary/aromatic N) is 2. The number of carbonyl (C=O) groups is 2. The Kier molecular flexibility index (Phi) is 6.25. The molecule has 6 heteroatoms. The highest BCUT2D eigenvalue weighted by Crippen LogP contribution is 2.36. The van der Waals surface area contributed by atoms with E-state index in [1.807, 2.05) is 79.1 Å². The van der Waals surface area contributed by atoms with Crippen LogP contribution >= 0.6 is 11.6 Å². The number of para-hydroxylation sites is 2. The number of hydrogen-bond donors (Lipinski definition) is 0. The molecule has 0 bridgehead atoms. The summed E-state index contributed by atoms with van der Waals surface area (Å²) in [5, 5.41) is 0.633. The number of anilines is 1. The summed E-state index contributed by atoms with van der Waals surface area (Å²) in [6.45, 7) is 7.70. The first-order valence-electron chi connectivity index (χ1n) is 10.8. The molecule has 168 valence electrons. The number of esters is 1. The highest BCUT2D eigenvalue weighted by atomic mass is 35.5. The Morgan fingerprint density at radius 2 is 1.70 bits per heavy atom. The molecule has 2 heterocycles. The van der Waals surface area contributed by atoms with Crippen LogP contribution in [-0.2, 0) is 14.3 Å². The largest absolute Gasteiger partial charge is 0.462 e. The molecule has 0 spiro atoms. The summed E-state index contributed by atoms with van der Waals surface area (Å²) in [6.07, 6.45) is 1.77. The van der Waals surface area contributed by atoms with E-state index in [0.29, 0.717) is 22.0 Å². The van der Waals surface area contributed by atoms with Crippen LogP contribution in [0.5, 0.6) is 0 Å². The molecule has 4 rings (SSSR count). The second-order valence-corrected chi connectivity index (χ2v) is 8.24. The van der Waals surface area contributed by atoms with Gasteiger partial charge in [-0.2, -0.15) is 0 Å². The Morgan fingerprint density at radius 3 is 2.36 bits per heavy atom. The summed E-state index contributed by atoms with van der Waals surface area (Å²) < 4.78 is 7.35. The van der Waals surface area contributed by atoms with Crippen LogP contribution in [-0.4, -0.2) is 23.1 Å². The number of ether oxygens (including phenoxy) is 1. The molecule has 0 saturated carbocycles. The van der Waals surface area contributed by atoms with Gasteiger partial charge >= 0.3 is 5.97 Å². The molecule has 1 amide bonds. The van der Waals surface area contributed by atoms with Gasteiger partial charge < -0.3 is 9.30 Å². The van der Waals surface area contributed by atoms with Gasteiger partial charge in [-0.05, 0) is 69.7 Å². The minimum atomic E-state index is -0.507. The van der Waals surface area contributed by atoms with Crippen molar-refractivity contribution in [2.24, 2.45) is 0 Å². The van der Waals surface area contributed by atoms with Gasteiger partial charge in [0.15, 0.2) is 0 Å². The van der Waals surface area contributed by atoms with Crippen molar-refractivity contribution in [2.75, 3.05) is 11.5 Å². The maximum atomic E-state index is 13.5. The maximum Gasteiger partial charge on any atom is 0.340 e. The summed E-state index contributed by atoms with van der Waals surface area (Å²) in [6, 6.07) is 18.9. The standard InChI is InChI=1S/C27H25ClN2O3/c1-5-33-27(32)25-19(4)30(21-11-7-6-8-12-21)26(31)22(25)16-20-15-17(2)29(18(20)3)24-14-10-9-13-23(24)28/h6-16H,5H2,1-4H3/b22-16-. The number of hydrogen-bond acceptors (Lipinski definition) is 3. The number of allylic oxidation sites excluding steroid dienone is 1. The summed E-state index contributed by atoms with van der Waals surface area (Å²) in [5.41, 5.74) is 5.43. The third kappa shape index (κ3) is 4.00. The van der Waals surface area contributed by atoms with Crippen LogP contribution in [0.3, 0.4) is 0 Å². The fourth-order valence-corrected chi connectivity index (χ4v) is 4.48. The van der Waals surface area contributed by atoms with Crippen LogP contribution in [0, 0.1) is 13.8 Å². The van der Waals surface area contributed by atoms with E-state index in [-0.39, 0.29) is 18.1 Å². The zero-order valence-electron chi connectivity index (χ0n) is 19.1. The van der Waals surface area contributed by atoms with Gasteiger partial charge in [0.1, 0.15) is 0 Å². The van der Waals surface area contributed by atoms with E-state index in [9.17, 15) is 9.59 Å². The van der Waals surface area contributed by atoms with E-state index < -0.39 is 5.97 Å². The number of aryl methyl sites for hydroxylation is 1. The smallest absolute Gasteiger partial charge is 0.340 e. The van der Waals surface area contributed by atoms with Gasteiger partial charge in [-0.15, -0.1) is 0 Å². The summed E-state index contributed by atoms with van der Waals surface area (Å²) in [7, 11) is 0. The molecule has 3 aromatic rings. The molecule has 2 aromatic carbocycles. The number of rotatable bonds is 5. The van der Waals surface area contributed by atoms with Crippen molar-refractivity contribution < 1.29 is 14.3 Å². The van der Waals surface area contributed by atoms with E-state index in [1.165, 1.54) is 0 Å². The van der Waals surface area contributed by atoms with Crippen molar-refractivity contribution in [3.63, 3.8) is 0 Å². The summed E-state index contributed by atoms with van der Waals surface area (Å²) in [4.78, 5) is 28.0. The highest BCUT2D eigenvalue weighted by Gasteiger charge is 2.38. The Hall–Kier alpha value is -3.57. The monoisotopic (exact) mass is 460 g/mol. The minimum absolute atomic E-state index is 0.226. The second-order valence-electron chi connectivity index (χ2n) is 7.83. The third-order valence-corrected chi connectivity index (χ3v) is 6.08. The lowest BCUT2D eigenvalue weighted by atomic mass is 10.0. The molecule has 5 nitrogen and oxygen atoms in total. The van der Waals surface area contributed by atoms with E-state index in [2.05, 4.69) is 0 Å². The Labute approximate surface area is 198 Å². The van der Waals surface area contributed by atoms with Gasteiger partial charge in [0, 0.05) is 22.8 Å². The van der Waals surface area contributed by atoms with Gasteiger partial charge in [-0.3, -0.25) is 9.69 Å². The van der Waals surface area contributed by atoms with Crippen LogP contribution < -0.4 is 4.90 Å². The molecule has 0 radical (unpaired) electrons. The molecule has 33 heavy (non-hydrogen) atoms. The normalized spacial score (nSPS) is 15.0. The zero-order chi connectivity index (χ0) is 23.7. The van der Waals surface area contributed by atoms with E-state index in [1.54, 1.807) is 24.8 Å². The highest BCUT2D eigenvalue weighted by molar-refractivity contribution is 6.32. The predicted octanol–water partition coefficient (Wildman–Crippen LogP) is 6.01. The van der Waals surface area contributed by atoms with E-state index in [4.69, 9.17) is 16.3 Å². The molecule has 0 aliphatic carbocycles. The Balaban J connectivity index is 1.86. The van der Waals surface area contributed by atoms with Crippen molar-refractivity contribution in [1.29, 1.82) is 0 Å². The fraction of sp³-hybridized carbons (Fsp3) is 0.185.